The molecule has 1 N–H and O–H groups in total. The molecular weight excluding hydrogens is 246 g/mol. The molecule has 0 spiro atoms. The Morgan fingerprint density at radius 3 is 2.89 bits per heavy atom. The molecule has 0 aliphatic carbocycles. The van der Waals surface area contributed by atoms with Crippen LogP contribution in [0.3, 0.4) is 0 Å². The maximum atomic E-state index is 12.5. The van der Waals surface area contributed by atoms with Crippen LogP contribution < -0.4 is 0 Å². The summed E-state index contributed by atoms with van der Waals surface area (Å²) in [6.07, 6.45) is 0.465. The number of morpholine rings is 1. The van der Waals surface area contributed by atoms with Gasteiger partial charge in [0.15, 0.2) is 5.76 Å². The molecule has 19 heavy (non-hydrogen) atoms. The van der Waals surface area contributed by atoms with E-state index in [1.165, 1.54) is 0 Å². The zero-order valence-electron chi connectivity index (χ0n) is 11.7. The highest BCUT2D eigenvalue weighted by Crippen LogP contribution is 2.21. The van der Waals surface area contributed by atoms with Crippen LogP contribution >= 0.6 is 0 Å². The van der Waals surface area contributed by atoms with Gasteiger partial charge in [0.05, 0.1) is 25.4 Å². The van der Waals surface area contributed by atoms with E-state index in [4.69, 9.17) is 14.3 Å². The van der Waals surface area contributed by atoms with Crippen molar-refractivity contribution in [1.29, 1.82) is 0 Å². The molecule has 0 aromatic carbocycles. The van der Waals surface area contributed by atoms with Gasteiger partial charge in [-0.05, 0) is 19.9 Å². The lowest BCUT2D eigenvalue weighted by molar-refractivity contribution is -0.0674. The Bertz CT molecular complexity index is 454. The molecule has 0 bridgehead atoms. The lowest BCUT2D eigenvalue weighted by Crippen LogP contribution is -2.52. The van der Waals surface area contributed by atoms with Crippen LogP contribution in [-0.2, 0) is 11.2 Å². The average molecular weight is 267 g/mol. The van der Waals surface area contributed by atoms with Gasteiger partial charge in [0.25, 0.3) is 5.91 Å². The van der Waals surface area contributed by atoms with Crippen molar-refractivity contribution in [3.63, 3.8) is 0 Å². The number of aryl methyl sites for hydroxylation is 2. The molecule has 1 aliphatic rings. The smallest absolute Gasteiger partial charge is 0.290 e. The number of nitrogens with zero attached hydrogens (tertiary/aromatic N) is 1. The van der Waals surface area contributed by atoms with Gasteiger partial charge in [-0.1, -0.05) is 6.92 Å². The molecule has 0 saturated carbocycles. The van der Waals surface area contributed by atoms with Crippen molar-refractivity contribution in [3.05, 3.63) is 23.2 Å². The number of amides is 1. The third kappa shape index (κ3) is 2.82. The molecule has 5 nitrogen and oxygen atoms in total. The van der Waals surface area contributed by atoms with Crippen LogP contribution in [0.2, 0.25) is 0 Å². The standard InChI is InChI=1S/C14H21NO4/c1-4-11-5-9(2)13(19-11)14(17)15-6-12(7-16)18-8-10(15)3/h5,10,12,16H,4,6-8H2,1-3H3/t10-,12-/m0/s1. The van der Waals surface area contributed by atoms with E-state index in [0.717, 1.165) is 17.7 Å². The van der Waals surface area contributed by atoms with Gasteiger partial charge in [0.2, 0.25) is 0 Å². The predicted octanol–water partition coefficient (Wildman–Crippen LogP) is 1.37. The Labute approximate surface area is 113 Å². The van der Waals surface area contributed by atoms with E-state index in [2.05, 4.69) is 0 Å². The van der Waals surface area contributed by atoms with Crippen molar-refractivity contribution >= 4 is 5.91 Å². The van der Waals surface area contributed by atoms with Gasteiger partial charge in [-0.15, -0.1) is 0 Å². The Morgan fingerprint density at radius 2 is 2.32 bits per heavy atom. The maximum absolute atomic E-state index is 12.5. The number of furan rings is 1. The first-order chi connectivity index (χ1) is 9.06. The molecule has 1 amide bonds. The van der Waals surface area contributed by atoms with Gasteiger partial charge < -0.3 is 19.2 Å². The normalized spacial score (nSPS) is 23.7. The van der Waals surface area contributed by atoms with Crippen LogP contribution in [-0.4, -0.2) is 47.8 Å². The van der Waals surface area contributed by atoms with Crippen LogP contribution in [0.1, 0.15) is 35.7 Å². The number of hydrogen-bond acceptors (Lipinski definition) is 4. The molecule has 5 heteroatoms. The number of ether oxygens (including phenoxy) is 1. The summed E-state index contributed by atoms with van der Waals surface area (Å²) in [5.74, 6) is 1.11. The molecule has 1 aromatic heterocycles. The molecular formula is C14H21NO4. The summed E-state index contributed by atoms with van der Waals surface area (Å²) < 4.78 is 11.0. The Hall–Kier alpha value is -1.33. The van der Waals surface area contributed by atoms with E-state index >= 15 is 0 Å². The van der Waals surface area contributed by atoms with E-state index in [0.29, 0.717) is 18.9 Å². The first kappa shape index (κ1) is 14.1. The summed E-state index contributed by atoms with van der Waals surface area (Å²) in [5.41, 5.74) is 0.862. The number of carbonyl (C=O) groups excluding carboxylic acids is 1. The first-order valence-corrected chi connectivity index (χ1v) is 6.69. The highest BCUT2D eigenvalue weighted by molar-refractivity contribution is 5.93. The maximum Gasteiger partial charge on any atom is 0.290 e. The molecule has 0 unspecified atom stereocenters. The van der Waals surface area contributed by atoms with Gasteiger partial charge in [0.1, 0.15) is 5.76 Å². The second kappa shape index (κ2) is 5.75. The topological polar surface area (TPSA) is 62.9 Å². The minimum absolute atomic E-state index is 0.00937. The Balaban J connectivity index is 2.19. The second-order valence-corrected chi connectivity index (χ2v) is 5.02. The van der Waals surface area contributed by atoms with Gasteiger partial charge in [-0.25, -0.2) is 0 Å². The summed E-state index contributed by atoms with van der Waals surface area (Å²) >= 11 is 0. The number of hydrogen-bond donors (Lipinski definition) is 1. The minimum atomic E-state index is -0.305. The predicted molar refractivity (Wildman–Crippen MR) is 70.1 cm³/mol. The molecule has 0 radical (unpaired) electrons. The SMILES string of the molecule is CCc1cc(C)c(C(=O)N2C[C@@H](CO)OC[C@@H]2C)o1. The van der Waals surface area contributed by atoms with Crippen molar-refractivity contribution in [1.82, 2.24) is 4.90 Å². The quantitative estimate of drug-likeness (QED) is 0.898. The highest BCUT2D eigenvalue weighted by atomic mass is 16.5. The van der Waals surface area contributed by atoms with Gasteiger partial charge in [-0.3, -0.25) is 4.79 Å². The van der Waals surface area contributed by atoms with E-state index in [-0.39, 0.29) is 24.7 Å². The van der Waals surface area contributed by atoms with Gasteiger partial charge >= 0.3 is 0 Å². The van der Waals surface area contributed by atoms with E-state index in [9.17, 15) is 4.79 Å². The van der Waals surface area contributed by atoms with Crippen molar-refractivity contribution in [2.24, 2.45) is 0 Å². The number of carbonyl (C=O) groups is 1. The second-order valence-electron chi connectivity index (χ2n) is 5.02. The monoisotopic (exact) mass is 267 g/mol. The average Bonchev–Trinajstić information content (AvgIpc) is 2.80. The molecule has 1 saturated heterocycles. The molecule has 106 valence electrons. The zero-order valence-corrected chi connectivity index (χ0v) is 11.7. The van der Waals surface area contributed by atoms with E-state index in [1.54, 1.807) is 4.90 Å². The largest absolute Gasteiger partial charge is 0.456 e. The minimum Gasteiger partial charge on any atom is -0.456 e. The Morgan fingerprint density at radius 1 is 1.58 bits per heavy atom. The summed E-state index contributed by atoms with van der Waals surface area (Å²) in [6, 6.07) is 1.90. The number of aliphatic hydroxyl groups excluding tert-OH is 1. The van der Waals surface area contributed by atoms with Crippen molar-refractivity contribution in [2.45, 2.75) is 39.3 Å². The van der Waals surface area contributed by atoms with Gasteiger partial charge in [-0.2, -0.15) is 0 Å². The first-order valence-electron chi connectivity index (χ1n) is 6.69. The molecule has 2 heterocycles. The molecule has 1 aromatic rings. The van der Waals surface area contributed by atoms with Crippen molar-refractivity contribution in [2.75, 3.05) is 19.8 Å². The zero-order chi connectivity index (χ0) is 14.0. The van der Waals surface area contributed by atoms with E-state index in [1.807, 2.05) is 26.8 Å². The molecule has 2 atom stereocenters. The number of aliphatic hydroxyl groups is 1. The fourth-order valence-corrected chi connectivity index (χ4v) is 2.28. The Kier molecular flexibility index (Phi) is 4.27. The molecule has 2 rings (SSSR count). The third-order valence-electron chi connectivity index (χ3n) is 3.48. The van der Waals surface area contributed by atoms with Crippen LogP contribution in [0, 0.1) is 6.92 Å². The van der Waals surface area contributed by atoms with Crippen LogP contribution in [0.4, 0.5) is 0 Å². The van der Waals surface area contributed by atoms with Gasteiger partial charge in [0, 0.05) is 18.5 Å². The third-order valence-corrected chi connectivity index (χ3v) is 3.48. The lowest BCUT2D eigenvalue weighted by Gasteiger charge is -2.37. The fraction of sp³-hybridized carbons (Fsp3) is 0.643. The fourth-order valence-electron chi connectivity index (χ4n) is 2.28. The highest BCUT2D eigenvalue weighted by Gasteiger charge is 2.32. The van der Waals surface area contributed by atoms with E-state index < -0.39 is 0 Å². The van der Waals surface area contributed by atoms with Crippen LogP contribution in [0.15, 0.2) is 10.5 Å². The van der Waals surface area contributed by atoms with Crippen LogP contribution in [0.5, 0.6) is 0 Å². The van der Waals surface area contributed by atoms with Crippen LogP contribution in [0.25, 0.3) is 0 Å². The van der Waals surface area contributed by atoms with Crippen molar-refractivity contribution in [3.8, 4) is 0 Å². The van der Waals surface area contributed by atoms with Crippen molar-refractivity contribution < 1.29 is 19.1 Å². The molecule has 1 fully saturated rings. The summed E-state index contributed by atoms with van der Waals surface area (Å²) in [6.45, 7) is 6.57. The lowest BCUT2D eigenvalue weighted by atomic mass is 10.1. The molecule has 1 aliphatic heterocycles. The summed E-state index contributed by atoms with van der Waals surface area (Å²) in [4.78, 5) is 14.2. The number of rotatable bonds is 3. The summed E-state index contributed by atoms with van der Waals surface area (Å²) in [5, 5.41) is 9.16. The summed E-state index contributed by atoms with van der Waals surface area (Å²) in [7, 11) is 0.